The van der Waals surface area contributed by atoms with Gasteiger partial charge in [0, 0.05) is 35.4 Å². The van der Waals surface area contributed by atoms with E-state index in [1.807, 2.05) is 37.3 Å². The van der Waals surface area contributed by atoms with E-state index in [0.717, 1.165) is 28.0 Å². The smallest absolute Gasteiger partial charge is 0.142 e. The number of hydrogen-bond acceptors (Lipinski definition) is 4. The van der Waals surface area contributed by atoms with Gasteiger partial charge >= 0.3 is 0 Å². The van der Waals surface area contributed by atoms with Crippen molar-refractivity contribution in [2.75, 3.05) is 5.73 Å². The maximum absolute atomic E-state index is 14.1. The molecule has 1 aromatic heterocycles. The first-order valence-corrected chi connectivity index (χ1v) is 10.1. The zero-order valence-electron chi connectivity index (χ0n) is 16.8. The molecule has 3 aromatic rings. The summed E-state index contributed by atoms with van der Waals surface area (Å²) in [6.45, 7) is 4.14. The molecule has 1 aliphatic heterocycles. The minimum absolute atomic E-state index is 0.00333. The summed E-state index contributed by atoms with van der Waals surface area (Å²) in [5.74, 6) is -0.436. The third kappa shape index (κ3) is 3.94. The Hall–Kier alpha value is -3.18. The average molecular weight is 421 g/mol. The van der Waals surface area contributed by atoms with E-state index in [9.17, 15) is 4.39 Å². The van der Waals surface area contributed by atoms with Gasteiger partial charge in [0.25, 0.3) is 0 Å². The Kier molecular flexibility index (Phi) is 5.55. The quantitative estimate of drug-likeness (QED) is 0.566. The molecule has 2 N–H and O–H groups in total. The van der Waals surface area contributed by atoms with Gasteiger partial charge < -0.3 is 10.6 Å². The Balaban J connectivity index is 1.71. The lowest BCUT2D eigenvalue weighted by atomic mass is 9.98. The number of anilines is 1. The summed E-state index contributed by atoms with van der Waals surface area (Å²) in [7, 11) is 0. The normalized spacial score (nSPS) is 17.0. The van der Waals surface area contributed by atoms with E-state index >= 15 is 0 Å². The van der Waals surface area contributed by atoms with Crippen LogP contribution in [0.2, 0.25) is 5.02 Å². The molecule has 152 valence electrons. The lowest BCUT2D eigenvalue weighted by molar-refractivity contribution is 0.252. The van der Waals surface area contributed by atoms with E-state index in [1.54, 1.807) is 24.7 Å². The van der Waals surface area contributed by atoms with Crippen LogP contribution in [0.15, 0.2) is 72.0 Å². The zero-order valence-corrected chi connectivity index (χ0v) is 17.5. The molecule has 1 unspecified atom stereocenters. The fourth-order valence-corrected chi connectivity index (χ4v) is 3.90. The number of halogens is 2. The molecule has 2 atom stereocenters. The summed E-state index contributed by atoms with van der Waals surface area (Å²) in [5, 5.41) is 0.111. The van der Waals surface area contributed by atoms with Gasteiger partial charge in [0.15, 0.2) is 0 Å². The molecule has 0 bridgehead atoms. The molecule has 2 heterocycles. The van der Waals surface area contributed by atoms with E-state index in [0.29, 0.717) is 5.69 Å². The van der Waals surface area contributed by atoms with Gasteiger partial charge in [-0.3, -0.25) is 9.98 Å². The van der Waals surface area contributed by atoms with Crippen molar-refractivity contribution in [3.63, 3.8) is 0 Å². The summed E-state index contributed by atoms with van der Waals surface area (Å²) >= 11 is 5.88. The summed E-state index contributed by atoms with van der Waals surface area (Å²) < 4.78 is 14.1. The van der Waals surface area contributed by atoms with Gasteiger partial charge in [0.2, 0.25) is 0 Å². The second-order valence-electron chi connectivity index (χ2n) is 7.33. The van der Waals surface area contributed by atoms with E-state index in [-0.39, 0.29) is 17.2 Å². The molecule has 0 aliphatic carbocycles. The summed E-state index contributed by atoms with van der Waals surface area (Å²) in [4.78, 5) is 10.9. The molecule has 0 saturated heterocycles. The number of allylic oxidation sites excluding steroid dienone is 1. The third-order valence-electron chi connectivity index (χ3n) is 5.31. The van der Waals surface area contributed by atoms with Crippen LogP contribution >= 0.6 is 11.6 Å². The molecule has 0 amide bonds. The Morgan fingerprint density at radius 1 is 1.07 bits per heavy atom. The van der Waals surface area contributed by atoms with E-state index in [1.165, 1.54) is 6.07 Å². The highest BCUT2D eigenvalue weighted by Crippen LogP contribution is 2.36. The van der Waals surface area contributed by atoms with Crippen LogP contribution in [0.5, 0.6) is 0 Å². The molecule has 0 fully saturated rings. The Morgan fingerprint density at radius 3 is 2.67 bits per heavy atom. The maximum Gasteiger partial charge on any atom is 0.142 e. The molecular weight excluding hydrogens is 399 g/mol. The average Bonchev–Trinajstić information content (AvgIpc) is 2.75. The van der Waals surface area contributed by atoms with Crippen LogP contribution < -0.4 is 5.73 Å². The van der Waals surface area contributed by atoms with Gasteiger partial charge in [-0.15, -0.1) is 0 Å². The summed E-state index contributed by atoms with van der Waals surface area (Å²) in [5.41, 5.74) is 11.3. The number of benzene rings is 2. The van der Waals surface area contributed by atoms with Crippen molar-refractivity contribution in [1.29, 1.82) is 0 Å². The number of aliphatic imine (C=N–C) groups is 1. The van der Waals surface area contributed by atoms with Gasteiger partial charge in [-0.1, -0.05) is 35.9 Å². The van der Waals surface area contributed by atoms with Gasteiger partial charge in [-0.05, 0) is 55.3 Å². The van der Waals surface area contributed by atoms with Crippen LogP contribution in [0.3, 0.4) is 0 Å². The highest BCUT2D eigenvalue weighted by atomic mass is 35.5. The van der Waals surface area contributed by atoms with Gasteiger partial charge in [-0.25, -0.2) is 4.39 Å². The van der Waals surface area contributed by atoms with Crippen LogP contribution in [0.1, 0.15) is 31.0 Å². The first-order chi connectivity index (χ1) is 14.4. The minimum Gasteiger partial charge on any atom is -0.397 e. The molecule has 0 radical (unpaired) electrons. The number of nitrogen functional groups attached to an aromatic ring is 1. The SMILES string of the molecule is CC1N=CC=C(c2ccc(Cl)c(F)c2)N1[C@@H](C)c1cccc(-c2cncc(N)c2)c1. The number of aromatic nitrogens is 1. The van der Waals surface area contributed by atoms with Crippen molar-refractivity contribution < 1.29 is 4.39 Å². The fourth-order valence-electron chi connectivity index (χ4n) is 3.78. The Morgan fingerprint density at radius 2 is 1.90 bits per heavy atom. The van der Waals surface area contributed by atoms with Gasteiger partial charge in [0.05, 0.1) is 16.8 Å². The van der Waals surface area contributed by atoms with Crippen LogP contribution in [0.4, 0.5) is 10.1 Å². The number of nitrogens with zero attached hydrogens (tertiary/aromatic N) is 3. The first kappa shape index (κ1) is 20.1. The molecule has 0 saturated carbocycles. The minimum atomic E-state index is -0.436. The van der Waals surface area contributed by atoms with Crippen LogP contribution in [-0.4, -0.2) is 22.3 Å². The van der Waals surface area contributed by atoms with Crippen molar-refractivity contribution >= 4 is 29.2 Å². The van der Waals surface area contributed by atoms with Gasteiger partial charge in [0.1, 0.15) is 12.0 Å². The maximum atomic E-state index is 14.1. The predicted molar refractivity (Wildman–Crippen MR) is 122 cm³/mol. The van der Waals surface area contributed by atoms with E-state index in [4.69, 9.17) is 17.3 Å². The van der Waals surface area contributed by atoms with Crippen molar-refractivity contribution in [2.24, 2.45) is 4.99 Å². The second kappa shape index (κ2) is 8.28. The number of nitrogens with two attached hydrogens (primary N) is 1. The Labute approximate surface area is 180 Å². The molecule has 30 heavy (non-hydrogen) atoms. The largest absolute Gasteiger partial charge is 0.397 e. The van der Waals surface area contributed by atoms with Crippen LogP contribution in [-0.2, 0) is 0 Å². The Bertz CT molecular complexity index is 1140. The lowest BCUT2D eigenvalue weighted by Crippen LogP contribution is -2.35. The molecule has 6 heteroatoms. The van der Waals surface area contributed by atoms with Crippen molar-refractivity contribution in [3.05, 3.63) is 89.0 Å². The fraction of sp³-hybridized carbons (Fsp3) is 0.167. The molecule has 4 rings (SSSR count). The molecular formula is C24H22ClFN4. The summed E-state index contributed by atoms with van der Waals surface area (Å²) in [6, 6.07) is 15.1. The second-order valence-corrected chi connectivity index (χ2v) is 7.73. The highest BCUT2D eigenvalue weighted by Gasteiger charge is 2.26. The number of rotatable bonds is 4. The highest BCUT2D eigenvalue weighted by molar-refractivity contribution is 6.30. The standard InChI is InChI=1S/C24H22ClFN4/c1-15(17-4-3-5-18(10-17)20-11-21(27)14-28-13-20)30-16(2)29-9-8-24(30)19-6-7-22(25)23(26)12-19/h3-16H,27H2,1-2H3/t15-,16?/m0/s1. The van der Waals surface area contributed by atoms with Crippen molar-refractivity contribution in [3.8, 4) is 11.1 Å². The molecule has 4 nitrogen and oxygen atoms in total. The van der Waals surface area contributed by atoms with Crippen LogP contribution in [0.25, 0.3) is 16.8 Å². The topological polar surface area (TPSA) is 54.5 Å². The monoisotopic (exact) mass is 420 g/mol. The molecule has 0 spiro atoms. The third-order valence-corrected chi connectivity index (χ3v) is 5.62. The van der Waals surface area contributed by atoms with E-state index < -0.39 is 5.82 Å². The van der Waals surface area contributed by atoms with Crippen molar-refractivity contribution in [2.45, 2.75) is 26.1 Å². The number of pyridine rings is 1. The van der Waals surface area contributed by atoms with Crippen LogP contribution in [0, 0.1) is 5.82 Å². The summed E-state index contributed by atoms with van der Waals surface area (Å²) in [6.07, 6.45) is 7.01. The van der Waals surface area contributed by atoms with E-state index in [2.05, 4.69) is 33.9 Å². The lowest BCUT2D eigenvalue weighted by Gasteiger charge is -2.38. The molecule has 1 aliphatic rings. The van der Waals surface area contributed by atoms with Gasteiger partial charge in [-0.2, -0.15) is 0 Å². The first-order valence-electron chi connectivity index (χ1n) is 9.72. The number of hydrogen-bond donors (Lipinski definition) is 1. The predicted octanol–water partition coefficient (Wildman–Crippen LogP) is 5.96. The molecule has 2 aromatic carbocycles. The van der Waals surface area contributed by atoms with Crippen molar-refractivity contribution in [1.82, 2.24) is 9.88 Å². The zero-order chi connectivity index (χ0) is 21.3.